The van der Waals surface area contributed by atoms with Gasteiger partial charge in [-0.2, -0.15) is 0 Å². The fourth-order valence-electron chi connectivity index (χ4n) is 1.51. The van der Waals surface area contributed by atoms with Gasteiger partial charge in [0.05, 0.1) is 12.7 Å². The minimum Gasteiger partial charge on any atom is -0.497 e. The summed E-state index contributed by atoms with van der Waals surface area (Å²) in [5.74, 6) is 1.16. The monoisotopic (exact) mass is 243 g/mol. The molecule has 0 aliphatic carbocycles. The minimum atomic E-state index is 0.363. The first-order valence-corrected chi connectivity index (χ1v) is 5.48. The van der Waals surface area contributed by atoms with Gasteiger partial charge in [0, 0.05) is 24.0 Å². The summed E-state index contributed by atoms with van der Waals surface area (Å²) in [6.45, 7) is 0.363. The summed E-state index contributed by atoms with van der Waals surface area (Å²) in [6, 6.07) is 8.84. The van der Waals surface area contributed by atoms with Gasteiger partial charge in [-0.1, -0.05) is 6.07 Å². The molecule has 1 aromatic heterocycles. The second-order valence-electron chi connectivity index (χ2n) is 3.67. The SMILES string of the molecule is COc1ccc(C=O)c(OCc2cccnc2)c1. The van der Waals surface area contributed by atoms with Gasteiger partial charge in [0.15, 0.2) is 6.29 Å². The zero-order valence-electron chi connectivity index (χ0n) is 10.00. The Hall–Kier alpha value is -2.36. The van der Waals surface area contributed by atoms with Crippen LogP contribution in [0.25, 0.3) is 0 Å². The molecule has 4 nitrogen and oxygen atoms in total. The molecular weight excluding hydrogens is 230 g/mol. The highest BCUT2D eigenvalue weighted by molar-refractivity contribution is 5.79. The zero-order chi connectivity index (χ0) is 12.8. The number of methoxy groups -OCH3 is 1. The van der Waals surface area contributed by atoms with Crippen LogP contribution in [0, 0.1) is 0 Å². The van der Waals surface area contributed by atoms with Crippen LogP contribution in [0.15, 0.2) is 42.7 Å². The maximum Gasteiger partial charge on any atom is 0.153 e. The molecule has 0 bridgehead atoms. The standard InChI is InChI=1S/C14H13NO3/c1-17-13-5-4-12(9-16)14(7-13)18-10-11-3-2-6-15-8-11/h2-9H,10H2,1H3. The molecule has 4 heteroatoms. The van der Waals surface area contributed by atoms with E-state index in [2.05, 4.69) is 4.98 Å². The van der Waals surface area contributed by atoms with Gasteiger partial charge in [0.25, 0.3) is 0 Å². The lowest BCUT2D eigenvalue weighted by Crippen LogP contribution is -1.99. The van der Waals surface area contributed by atoms with E-state index in [0.717, 1.165) is 11.8 Å². The van der Waals surface area contributed by atoms with Crippen molar-refractivity contribution in [3.8, 4) is 11.5 Å². The van der Waals surface area contributed by atoms with Gasteiger partial charge in [-0.15, -0.1) is 0 Å². The van der Waals surface area contributed by atoms with E-state index >= 15 is 0 Å². The maximum absolute atomic E-state index is 10.9. The molecule has 0 fully saturated rings. The number of aromatic nitrogens is 1. The van der Waals surface area contributed by atoms with Gasteiger partial charge in [0.1, 0.15) is 18.1 Å². The van der Waals surface area contributed by atoms with E-state index < -0.39 is 0 Å². The quantitative estimate of drug-likeness (QED) is 0.757. The van der Waals surface area contributed by atoms with Gasteiger partial charge in [-0.25, -0.2) is 0 Å². The normalized spacial score (nSPS) is 9.83. The second kappa shape index (κ2) is 5.82. The van der Waals surface area contributed by atoms with E-state index in [9.17, 15) is 4.79 Å². The van der Waals surface area contributed by atoms with Crippen LogP contribution in [0.5, 0.6) is 11.5 Å². The summed E-state index contributed by atoms with van der Waals surface area (Å²) < 4.78 is 10.7. The van der Waals surface area contributed by atoms with Crippen molar-refractivity contribution in [1.82, 2.24) is 4.98 Å². The molecule has 18 heavy (non-hydrogen) atoms. The summed E-state index contributed by atoms with van der Waals surface area (Å²) in [4.78, 5) is 14.9. The molecule has 0 aliphatic rings. The largest absolute Gasteiger partial charge is 0.497 e. The van der Waals surface area contributed by atoms with Gasteiger partial charge in [-0.3, -0.25) is 9.78 Å². The molecule has 0 saturated heterocycles. The number of hydrogen-bond donors (Lipinski definition) is 0. The Balaban J connectivity index is 2.15. The van der Waals surface area contributed by atoms with Crippen LogP contribution in [0.4, 0.5) is 0 Å². The molecule has 2 rings (SSSR count). The van der Waals surface area contributed by atoms with E-state index in [1.54, 1.807) is 37.7 Å². The van der Waals surface area contributed by atoms with Crippen molar-refractivity contribution in [2.45, 2.75) is 6.61 Å². The molecule has 0 N–H and O–H groups in total. The highest BCUT2D eigenvalue weighted by atomic mass is 16.5. The topological polar surface area (TPSA) is 48.4 Å². The van der Waals surface area contributed by atoms with Gasteiger partial charge in [-0.05, 0) is 18.2 Å². The summed E-state index contributed by atoms with van der Waals surface area (Å²) >= 11 is 0. The molecule has 0 atom stereocenters. The third-order valence-electron chi connectivity index (χ3n) is 2.46. The van der Waals surface area contributed by atoms with Gasteiger partial charge >= 0.3 is 0 Å². The molecule has 0 amide bonds. The molecular formula is C14H13NO3. The van der Waals surface area contributed by atoms with Crippen molar-refractivity contribution in [3.05, 3.63) is 53.9 Å². The number of benzene rings is 1. The van der Waals surface area contributed by atoms with E-state index in [1.807, 2.05) is 12.1 Å². The number of ether oxygens (including phenoxy) is 2. The number of rotatable bonds is 5. The average molecular weight is 243 g/mol. The summed E-state index contributed by atoms with van der Waals surface area (Å²) in [5, 5.41) is 0. The van der Waals surface area contributed by atoms with Crippen molar-refractivity contribution in [2.24, 2.45) is 0 Å². The third-order valence-corrected chi connectivity index (χ3v) is 2.46. The van der Waals surface area contributed by atoms with Crippen LogP contribution in [-0.4, -0.2) is 18.4 Å². The number of carbonyl (C=O) groups excluding carboxylic acids is 1. The van der Waals surface area contributed by atoms with Crippen LogP contribution >= 0.6 is 0 Å². The number of pyridine rings is 1. The van der Waals surface area contributed by atoms with Crippen molar-refractivity contribution in [3.63, 3.8) is 0 Å². The molecule has 0 aliphatic heterocycles. The average Bonchev–Trinajstić information content (AvgIpc) is 2.45. The number of aldehydes is 1. The molecule has 0 spiro atoms. The Labute approximate surface area is 105 Å². The van der Waals surface area contributed by atoms with Gasteiger partial charge in [0.2, 0.25) is 0 Å². The first-order chi connectivity index (χ1) is 8.83. The third kappa shape index (κ3) is 2.85. The van der Waals surface area contributed by atoms with E-state index in [1.165, 1.54) is 0 Å². The molecule has 0 unspecified atom stereocenters. The molecule has 1 heterocycles. The Kier molecular flexibility index (Phi) is 3.91. The smallest absolute Gasteiger partial charge is 0.153 e. The zero-order valence-corrected chi connectivity index (χ0v) is 10.00. The molecule has 0 saturated carbocycles. The summed E-state index contributed by atoms with van der Waals surface area (Å²) in [6.07, 6.45) is 4.19. The molecule has 0 radical (unpaired) electrons. The molecule has 2 aromatic rings. The van der Waals surface area contributed by atoms with Gasteiger partial charge < -0.3 is 9.47 Å². The Morgan fingerprint density at radius 2 is 2.22 bits per heavy atom. The van der Waals surface area contributed by atoms with Crippen molar-refractivity contribution < 1.29 is 14.3 Å². The Bertz CT molecular complexity index is 526. The fraction of sp³-hybridized carbons (Fsp3) is 0.143. The summed E-state index contributed by atoms with van der Waals surface area (Å²) in [5.41, 5.74) is 1.44. The highest BCUT2D eigenvalue weighted by Gasteiger charge is 2.05. The first-order valence-electron chi connectivity index (χ1n) is 5.48. The van der Waals surface area contributed by atoms with E-state index in [-0.39, 0.29) is 0 Å². The fourth-order valence-corrected chi connectivity index (χ4v) is 1.51. The highest BCUT2D eigenvalue weighted by Crippen LogP contribution is 2.24. The Morgan fingerprint density at radius 1 is 1.33 bits per heavy atom. The molecule has 92 valence electrons. The van der Waals surface area contributed by atoms with Crippen LogP contribution in [-0.2, 0) is 6.61 Å². The van der Waals surface area contributed by atoms with Crippen LogP contribution < -0.4 is 9.47 Å². The first kappa shape index (κ1) is 12.1. The lowest BCUT2D eigenvalue weighted by Gasteiger charge is -2.09. The predicted molar refractivity (Wildman–Crippen MR) is 67.0 cm³/mol. The number of nitrogens with zero attached hydrogens (tertiary/aromatic N) is 1. The van der Waals surface area contributed by atoms with Crippen molar-refractivity contribution in [1.29, 1.82) is 0 Å². The van der Waals surface area contributed by atoms with Crippen molar-refractivity contribution in [2.75, 3.05) is 7.11 Å². The Morgan fingerprint density at radius 3 is 2.89 bits per heavy atom. The second-order valence-corrected chi connectivity index (χ2v) is 3.67. The maximum atomic E-state index is 10.9. The minimum absolute atomic E-state index is 0.363. The predicted octanol–water partition coefficient (Wildman–Crippen LogP) is 2.48. The number of hydrogen-bond acceptors (Lipinski definition) is 4. The lowest BCUT2D eigenvalue weighted by molar-refractivity contribution is 0.111. The number of carbonyl (C=O) groups is 1. The van der Waals surface area contributed by atoms with E-state index in [0.29, 0.717) is 23.7 Å². The lowest BCUT2D eigenvalue weighted by atomic mass is 10.2. The van der Waals surface area contributed by atoms with E-state index in [4.69, 9.17) is 9.47 Å². The van der Waals surface area contributed by atoms with Crippen LogP contribution in [0.3, 0.4) is 0 Å². The summed E-state index contributed by atoms with van der Waals surface area (Å²) in [7, 11) is 1.57. The van der Waals surface area contributed by atoms with Crippen molar-refractivity contribution >= 4 is 6.29 Å². The van der Waals surface area contributed by atoms with Crippen LogP contribution in [0.1, 0.15) is 15.9 Å². The molecule has 1 aromatic carbocycles. The van der Waals surface area contributed by atoms with Crippen LogP contribution in [0.2, 0.25) is 0 Å².